The number of benzene rings is 3. The van der Waals surface area contributed by atoms with Crippen LogP contribution >= 0.6 is 11.6 Å². The fraction of sp³-hybridized carbons (Fsp3) is 0.0833. The molecule has 1 heterocycles. The molecule has 0 aliphatic rings. The van der Waals surface area contributed by atoms with Gasteiger partial charge in [-0.05, 0) is 43.3 Å². The topological polar surface area (TPSA) is 59.7 Å². The van der Waals surface area contributed by atoms with Crippen molar-refractivity contribution in [3.05, 3.63) is 101 Å². The van der Waals surface area contributed by atoms with Crippen molar-refractivity contribution in [1.82, 2.24) is 4.98 Å². The molecule has 30 heavy (non-hydrogen) atoms. The third-order valence-corrected chi connectivity index (χ3v) is 4.78. The summed E-state index contributed by atoms with van der Waals surface area (Å²) in [6.07, 6.45) is 1.73. The first-order valence-corrected chi connectivity index (χ1v) is 9.85. The SMILES string of the molecule is Cc1oc(-c2ccccc2Cl)nc1COc1ccccc1C=NNc1ccccc1. The number of aryl methyl sites for hydroxylation is 1. The van der Waals surface area contributed by atoms with Crippen LogP contribution in [-0.2, 0) is 6.61 Å². The molecule has 0 amide bonds. The van der Waals surface area contributed by atoms with Crippen LogP contribution in [0, 0.1) is 6.92 Å². The van der Waals surface area contributed by atoms with Gasteiger partial charge in [0, 0.05) is 5.56 Å². The van der Waals surface area contributed by atoms with Gasteiger partial charge in [-0.3, -0.25) is 5.43 Å². The Morgan fingerprint density at radius 1 is 1.00 bits per heavy atom. The van der Waals surface area contributed by atoms with E-state index < -0.39 is 0 Å². The summed E-state index contributed by atoms with van der Waals surface area (Å²) in [5.41, 5.74) is 6.25. The van der Waals surface area contributed by atoms with Gasteiger partial charge >= 0.3 is 0 Å². The molecule has 3 aromatic carbocycles. The summed E-state index contributed by atoms with van der Waals surface area (Å²) in [4.78, 5) is 4.57. The number of nitrogens with one attached hydrogen (secondary N) is 1. The largest absolute Gasteiger partial charge is 0.486 e. The van der Waals surface area contributed by atoms with E-state index in [1.165, 1.54) is 0 Å². The van der Waals surface area contributed by atoms with Crippen molar-refractivity contribution in [2.24, 2.45) is 5.10 Å². The molecule has 0 aliphatic carbocycles. The first-order valence-electron chi connectivity index (χ1n) is 9.48. The molecule has 4 rings (SSSR count). The van der Waals surface area contributed by atoms with E-state index in [4.69, 9.17) is 20.8 Å². The lowest BCUT2D eigenvalue weighted by Crippen LogP contribution is -2.00. The van der Waals surface area contributed by atoms with Crippen molar-refractivity contribution in [1.29, 1.82) is 0 Å². The predicted molar refractivity (Wildman–Crippen MR) is 120 cm³/mol. The Labute approximate surface area is 180 Å². The van der Waals surface area contributed by atoms with Gasteiger partial charge in [0.15, 0.2) is 0 Å². The third kappa shape index (κ3) is 4.70. The van der Waals surface area contributed by atoms with E-state index in [9.17, 15) is 0 Å². The van der Waals surface area contributed by atoms with E-state index in [2.05, 4.69) is 15.5 Å². The van der Waals surface area contributed by atoms with Crippen LogP contribution < -0.4 is 10.2 Å². The highest BCUT2D eigenvalue weighted by molar-refractivity contribution is 6.33. The van der Waals surface area contributed by atoms with Crippen LogP contribution in [0.4, 0.5) is 5.69 Å². The van der Waals surface area contributed by atoms with E-state index in [1.807, 2.05) is 85.8 Å². The molecule has 4 aromatic rings. The van der Waals surface area contributed by atoms with Crippen LogP contribution in [0.3, 0.4) is 0 Å². The van der Waals surface area contributed by atoms with Crippen molar-refractivity contribution in [2.75, 3.05) is 5.43 Å². The maximum absolute atomic E-state index is 6.26. The fourth-order valence-electron chi connectivity index (χ4n) is 2.87. The first kappa shape index (κ1) is 19.7. The summed E-state index contributed by atoms with van der Waals surface area (Å²) in [5, 5.41) is 4.89. The lowest BCUT2D eigenvalue weighted by molar-refractivity contribution is 0.299. The number of halogens is 1. The maximum Gasteiger partial charge on any atom is 0.228 e. The minimum Gasteiger partial charge on any atom is -0.486 e. The molecule has 0 spiro atoms. The summed E-state index contributed by atoms with van der Waals surface area (Å²) >= 11 is 6.26. The number of oxazole rings is 1. The number of para-hydroxylation sites is 2. The summed E-state index contributed by atoms with van der Waals surface area (Å²) in [7, 11) is 0. The lowest BCUT2D eigenvalue weighted by atomic mass is 10.2. The van der Waals surface area contributed by atoms with Crippen LogP contribution in [0.2, 0.25) is 5.02 Å². The average Bonchev–Trinajstić information content (AvgIpc) is 3.14. The predicted octanol–water partition coefficient (Wildman–Crippen LogP) is 6.33. The first-order chi connectivity index (χ1) is 14.7. The van der Waals surface area contributed by atoms with E-state index in [0.717, 1.165) is 22.5 Å². The number of nitrogens with zero attached hydrogens (tertiary/aromatic N) is 2. The van der Waals surface area contributed by atoms with E-state index in [0.29, 0.717) is 22.4 Å². The Balaban J connectivity index is 1.46. The number of ether oxygens (including phenoxy) is 1. The van der Waals surface area contributed by atoms with Gasteiger partial charge in [0.25, 0.3) is 0 Å². The molecule has 0 unspecified atom stereocenters. The van der Waals surface area contributed by atoms with Gasteiger partial charge in [-0.2, -0.15) is 5.10 Å². The molecule has 0 fully saturated rings. The molecule has 1 aromatic heterocycles. The second kappa shape index (κ2) is 9.29. The quantitative estimate of drug-likeness (QED) is 0.282. The van der Waals surface area contributed by atoms with Gasteiger partial charge in [-0.1, -0.05) is 54.1 Å². The minimum absolute atomic E-state index is 0.275. The monoisotopic (exact) mass is 417 g/mol. The van der Waals surface area contributed by atoms with Crippen molar-refractivity contribution in [3.63, 3.8) is 0 Å². The van der Waals surface area contributed by atoms with Crippen LogP contribution in [0.1, 0.15) is 17.0 Å². The molecule has 0 radical (unpaired) electrons. The van der Waals surface area contributed by atoms with Gasteiger partial charge in [-0.25, -0.2) is 4.98 Å². The number of hydrogen-bond acceptors (Lipinski definition) is 5. The zero-order valence-corrected chi connectivity index (χ0v) is 17.1. The highest BCUT2D eigenvalue weighted by atomic mass is 35.5. The van der Waals surface area contributed by atoms with E-state index >= 15 is 0 Å². The smallest absolute Gasteiger partial charge is 0.228 e. The molecule has 1 N–H and O–H groups in total. The molecule has 6 heteroatoms. The standard InChI is InChI=1S/C24H20ClN3O2/c1-17-22(27-24(30-17)20-12-6-7-13-21(20)25)16-29-23-14-8-5-9-18(23)15-26-28-19-10-3-2-4-11-19/h2-15,28H,16H2,1H3. The highest BCUT2D eigenvalue weighted by Crippen LogP contribution is 2.29. The summed E-state index contributed by atoms with van der Waals surface area (Å²) < 4.78 is 11.8. The van der Waals surface area contributed by atoms with Gasteiger partial charge in [0.05, 0.1) is 22.5 Å². The Morgan fingerprint density at radius 2 is 1.73 bits per heavy atom. The van der Waals surface area contributed by atoms with Gasteiger partial charge in [0.1, 0.15) is 23.8 Å². The second-order valence-corrected chi connectivity index (χ2v) is 6.97. The molecule has 5 nitrogen and oxygen atoms in total. The van der Waals surface area contributed by atoms with Crippen LogP contribution in [0.15, 0.2) is 88.4 Å². The number of rotatable bonds is 7. The number of hydrogen-bond donors (Lipinski definition) is 1. The van der Waals surface area contributed by atoms with E-state index in [1.54, 1.807) is 6.21 Å². The fourth-order valence-corrected chi connectivity index (χ4v) is 3.08. The summed E-state index contributed by atoms with van der Waals surface area (Å²) in [5.74, 6) is 1.89. The molecular formula is C24H20ClN3O2. The average molecular weight is 418 g/mol. The van der Waals surface area contributed by atoms with Crippen LogP contribution in [0.5, 0.6) is 5.75 Å². The normalized spacial score (nSPS) is 11.0. The van der Waals surface area contributed by atoms with Gasteiger partial charge in [0.2, 0.25) is 5.89 Å². The Morgan fingerprint density at radius 3 is 2.57 bits per heavy atom. The van der Waals surface area contributed by atoms with Crippen molar-refractivity contribution < 1.29 is 9.15 Å². The molecule has 0 saturated carbocycles. The molecular weight excluding hydrogens is 398 g/mol. The zero-order chi connectivity index (χ0) is 20.8. The maximum atomic E-state index is 6.26. The summed E-state index contributed by atoms with van der Waals surface area (Å²) in [6.45, 7) is 2.14. The Bertz CT molecular complexity index is 1160. The van der Waals surface area contributed by atoms with Crippen LogP contribution in [0.25, 0.3) is 11.5 Å². The molecule has 150 valence electrons. The molecule has 0 aliphatic heterocycles. The van der Waals surface area contributed by atoms with Crippen LogP contribution in [-0.4, -0.2) is 11.2 Å². The molecule has 0 saturated heterocycles. The van der Waals surface area contributed by atoms with Crippen molar-refractivity contribution >= 4 is 23.5 Å². The van der Waals surface area contributed by atoms with Crippen molar-refractivity contribution in [2.45, 2.75) is 13.5 Å². The van der Waals surface area contributed by atoms with Crippen molar-refractivity contribution in [3.8, 4) is 17.2 Å². The Hall–Kier alpha value is -3.57. The van der Waals surface area contributed by atoms with E-state index in [-0.39, 0.29) is 6.61 Å². The van der Waals surface area contributed by atoms with Gasteiger partial charge < -0.3 is 9.15 Å². The number of aromatic nitrogens is 1. The third-order valence-electron chi connectivity index (χ3n) is 4.45. The second-order valence-electron chi connectivity index (χ2n) is 6.56. The minimum atomic E-state index is 0.275. The number of hydrazone groups is 1. The molecule has 0 atom stereocenters. The highest BCUT2D eigenvalue weighted by Gasteiger charge is 2.14. The Kier molecular flexibility index (Phi) is 6.11. The lowest BCUT2D eigenvalue weighted by Gasteiger charge is -2.08. The number of anilines is 1. The zero-order valence-electron chi connectivity index (χ0n) is 16.4. The molecule has 0 bridgehead atoms. The van der Waals surface area contributed by atoms with Gasteiger partial charge in [-0.15, -0.1) is 0 Å². The summed E-state index contributed by atoms with van der Waals surface area (Å²) in [6, 6.07) is 24.9.